The molecule has 2 aromatic carbocycles. The highest BCUT2D eigenvalue weighted by atomic mass is 19.1. The smallest absolute Gasteiger partial charge is 0.149 e. The molecule has 0 fully saturated rings. The molecular weight excluding hydrogens is 244 g/mol. The van der Waals surface area contributed by atoms with Gasteiger partial charge in [0.2, 0.25) is 0 Å². The Bertz CT molecular complexity index is 622. The summed E-state index contributed by atoms with van der Waals surface area (Å²) in [6, 6.07) is 10.1. The second-order valence-corrected chi connectivity index (χ2v) is 5.06. The predicted octanol–water partition coefficient (Wildman–Crippen LogP) is 4.37. The van der Waals surface area contributed by atoms with Crippen LogP contribution in [0.5, 0.6) is 0 Å². The zero-order valence-corrected chi connectivity index (χ0v) is 10.7. The molecule has 1 atom stereocenters. The molecule has 0 bridgehead atoms. The van der Waals surface area contributed by atoms with Crippen LogP contribution in [-0.2, 0) is 6.42 Å². The molecule has 1 unspecified atom stereocenters. The van der Waals surface area contributed by atoms with Crippen LogP contribution in [0.4, 0.5) is 14.5 Å². The molecule has 1 aliphatic rings. The summed E-state index contributed by atoms with van der Waals surface area (Å²) in [6.45, 7) is 2.05. The lowest BCUT2D eigenvalue weighted by Crippen LogP contribution is -2.08. The third kappa shape index (κ3) is 2.33. The third-order valence-corrected chi connectivity index (χ3v) is 3.64. The topological polar surface area (TPSA) is 12.0 Å². The second-order valence-electron chi connectivity index (χ2n) is 5.06. The maximum absolute atomic E-state index is 13.7. The van der Waals surface area contributed by atoms with Gasteiger partial charge in [-0.3, -0.25) is 0 Å². The van der Waals surface area contributed by atoms with Crippen LogP contribution < -0.4 is 5.32 Å². The average Bonchev–Trinajstić information content (AvgIpc) is 2.75. The van der Waals surface area contributed by atoms with Crippen LogP contribution in [-0.4, -0.2) is 0 Å². The van der Waals surface area contributed by atoms with Gasteiger partial charge >= 0.3 is 0 Å². The number of aryl methyl sites for hydroxylation is 2. The van der Waals surface area contributed by atoms with Gasteiger partial charge in [-0.2, -0.15) is 0 Å². The van der Waals surface area contributed by atoms with E-state index in [1.807, 2.05) is 6.92 Å². The Kier molecular flexibility index (Phi) is 2.97. The number of nitrogens with one attached hydrogen (secondary N) is 1. The zero-order valence-electron chi connectivity index (χ0n) is 10.7. The van der Waals surface area contributed by atoms with E-state index in [9.17, 15) is 8.78 Å². The van der Waals surface area contributed by atoms with E-state index < -0.39 is 11.6 Å². The van der Waals surface area contributed by atoms with Crippen molar-refractivity contribution in [2.45, 2.75) is 25.8 Å². The number of hydrogen-bond donors (Lipinski definition) is 1. The van der Waals surface area contributed by atoms with Crippen molar-refractivity contribution in [2.24, 2.45) is 0 Å². The Labute approximate surface area is 111 Å². The molecule has 0 radical (unpaired) electrons. The Balaban J connectivity index is 1.88. The fourth-order valence-electron chi connectivity index (χ4n) is 2.67. The first kappa shape index (κ1) is 12.2. The zero-order chi connectivity index (χ0) is 13.4. The number of benzene rings is 2. The molecule has 0 aromatic heterocycles. The first-order valence-electron chi connectivity index (χ1n) is 6.44. The highest BCUT2D eigenvalue weighted by Crippen LogP contribution is 2.35. The molecule has 1 nitrogen and oxygen atoms in total. The molecule has 19 heavy (non-hydrogen) atoms. The first-order valence-corrected chi connectivity index (χ1v) is 6.44. The Morgan fingerprint density at radius 3 is 2.74 bits per heavy atom. The summed E-state index contributed by atoms with van der Waals surface area (Å²) in [7, 11) is 0. The summed E-state index contributed by atoms with van der Waals surface area (Å²) in [6.07, 6.45) is 1.94. The van der Waals surface area contributed by atoms with Gasteiger partial charge in [-0.25, -0.2) is 8.78 Å². The first-order chi connectivity index (χ1) is 9.13. The highest BCUT2D eigenvalue weighted by Gasteiger charge is 2.23. The molecule has 2 aromatic rings. The maximum atomic E-state index is 13.7. The van der Waals surface area contributed by atoms with Crippen LogP contribution in [0.25, 0.3) is 0 Å². The van der Waals surface area contributed by atoms with Crippen molar-refractivity contribution >= 4 is 5.69 Å². The van der Waals surface area contributed by atoms with Gasteiger partial charge < -0.3 is 5.32 Å². The number of fused-ring (bicyclic) bond motifs is 1. The van der Waals surface area contributed by atoms with Gasteiger partial charge in [0.1, 0.15) is 11.6 Å². The quantitative estimate of drug-likeness (QED) is 0.844. The molecule has 3 heteroatoms. The SMILES string of the molecule is Cc1ccc2c(c1)C(Nc1ccc(F)cc1F)CC2. The van der Waals surface area contributed by atoms with Gasteiger partial charge in [0.15, 0.2) is 0 Å². The lowest BCUT2D eigenvalue weighted by molar-refractivity contribution is 0.582. The Morgan fingerprint density at radius 2 is 1.95 bits per heavy atom. The molecule has 3 rings (SSSR count). The minimum Gasteiger partial charge on any atom is -0.376 e. The van der Waals surface area contributed by atoms with Gasteiger partial charge in [0.05, 0.1) is 11.7 Å². The van der Waals surface area contributed by atoms with E-state index in [0.717, 1.165) is 18.9 Å². The van der Waals surface area contributed by atoms with Crippen molar-refractivity contribution in [3.63, 3.8) is 0 Å². The highest BCUT2D eigenvalue weighted by molar-refractivity contribution is 5.50. The minimum absolute atomic E-state index is 0.106. The average molecular weight is 259 g/mol. The fraction of sp³-hybridized carbons (Fsp3) is 0.250. The molecule has 0 saturated heterocycles. The summed E-state index contributed by atoms with van der Waals surface area (Å²) in [4.78, 5) is 0. The van der Waals surface area contributed by atoms with Crippen molar-refractivity contribution in [3.8, 4) is 0 Å². The molecule has 0 saturated carbocycles. The van der Waals surface area contributed by atoms with Crippen LogP contribution in [0.15, 0.2) is 36.4 Å². The molecular formula is C16H15F2N. The number of hydrogen-bond acceptors (Lipinski definition) is 1. The minimum atomic E-state index is -0.550. The van der Waals surface area contributed by atoms with Gasteiger partial charge in [0, 0.05) is 6.07 Å². The van der Waals surface area contributed by atoms with Crippen molar-refractivity contribution in [3.05, 3.63) is 64.7 Å². The van der Waals surface area contributed by atoms with E-state index in [4.69, 9.17) is 0 Å². The van der Waals surface area contributed by atoms with E-state index in [1.54, 1.807) is 0 Å². The van der Waals surface area contributed by atoms with Crippen LogP contribution in [0.1, 0.15) is 29.2 Å². The van der Waals surface area contributed by atoms with Gasteiger partial charge in [-0.1, -0.05) is 23.8 Å². The number of halogens is 2. The third-order valence-electron chi connectivity index (χ3n) is 3.64. The standard InChI is InChI=1S/C16H15F2N/c1-10-2-3-11-4-6-15(13(11)8-10)19-16-7-5-12(17)9-14(16)18/h2-3,5,7-9,15,19H,4,6H2,1H3. The lowest BCUT2D eigenvalue weighted by Gasteiger charge is -2.16. The summed E-state index contributed by atoms with van der Waals surface area (Å²) in [5, 5.41) is 3.18. The predicted molar refractivity (Wildman–Crippen MR) is 72.2 cm³/mol. The van der Waals surface area contributed by atoms with Crippen LogP contribution in [0, 0.1) is 18.6 Å². The lowest BCUT2D eigenvalue weighted by atomic mass is 10.0. The van der Waals surface area contributed by atoms with E-state index in [0.29, 0.717) is 5.69 Å². The molecule has 0 spiro atoms. The number of rotatable bonds is 2. The van der Waals surface area contributed by atoms with Crippen LogP contribution >= 0.6 is 0 Å². The molecule has 1 aliphatic carbocycles. The van der Waals surface area contributed by atoms with Crippen molar-refractivity contribution in [1.29, 1.82) is 0 Å². The Hall–Kier alpha value is -1.90. The van der Waals surface area contributed by atoms with Crippen molar-refractivity contribution < 1.29 is 8.78 Å². The summed E-state index contributed by atoms with van der Waals surface area (Å²) in [5.41, 5.74) is 4.10. The van der Waals surface area contributed by atoms with Crippen molar-refractivity contribution in [1.82, 2.24) is 0 Å². The van der Waals surface area contributed by atoms with Crippen LogP contribution in [0.2, 0.25) is 0 Å². The van der Waals surface area contributed by atoms with E-state index in [2.05, 4.69) is 23.5 Å². The summed E-state index contributed by atoms with van der Waals surface area (Å²) < 4.78 is 26.5. The summed E-state index contributed by atoms with van der Waals surface area (Å²) >= 11 is 0. The number of anilines is 1. The van der Waals surface area contributed by atoms with E-state index >= 15 is 0 Å². The largest absolute Gasteiger partial charge is 0.376 e. The molecule has 0 aliphatic heterocycles. The van der Waals surface area contributed by atoms with E-state index in [1.165, 1.54) is 28.8 Å². The maximum Gasteiger partial charge on any atom is 0.149 e. The molecule has 98 valence electrons. The Morgan fingerprint density at radius 1 is 1.11 bits per heavy atom. The van der Waals surface area contributed by atoms with Gasteiger partial charge in [0.25, 0.3) is 0 Å². The van der Waals surface area contributed by atoms with Gasteiger partial charge in [-0.15, -0.1) is 0 Å². The second kappa shape index (κ2) is 4.65. The van der Waals surface area contributed by atoms with Crippen molar-refractivity contribution in [2.75, 3.05) is 5.32 Å². The monoisotopic (exact) mass is 259 g/mol. The van der Waals surface area contributed by atoms with Gasteiger partial charge in [-0.05, 0) is 43.0 Å². The van der Waals surface area contributed by atoms with Crippen LogP contribution in [0.3, 0.4) is 0 Å². The molecule has 0 heterocycles. The van der Waals surface area contributed by atoms with E-state index in [-0.39, 0.29) is 6.04 Å². The molecule has 1 N–H and O–H groups in total. The summed E-state index contributed by atoms with van der Waals surface area (Å²) in [5.74, 6) is -1.09. The fourth-order valence-corrected chi connectivity index (χ4v) is 2.67. The normalized spacial score (nSPS) is 17.3. The molecule has 0 amide bonds.